The number of ether oxygens (including phenoxy) is 3. The predicted octanol–water partition coefficient (Wildman–Crippen LogP) is 5.05. The van der Waals surface area contributed by atoms with Gasteiger partial charge in [0, 0.05) is 68.7 Å². The Morgan fingerprint density at radius 3 is 2.92 bits per heavy atom. The van der Waals surface area contributed by atoms with Gasteiger partial charge in [-0.3, -0.25) is 0 Å². The molecule has 0 aromatic heterocycles. The molecule has 3 heterocycles. The molecule has 2 saturated heterocycles. The van der Waals surface area contributed by atoms with E-state index in [1.54, 1.807) is 13.2 Å². The summed E-state index contributed by atoms with van der Waals surface area (Å²) in [6, 6.07) is 11.9. The average molecular weight is 494 g/mol. The summed E-state index contributed by atoms with van der Waals surface area (Å²) in [4.78, 5) is 4.06. The zero-order valence-electron chi connectivity index (χ0n) is 21.0. The van der Waals surface area contributed by atoms with E-state index in [-0.39, 0.29) is 11.9 Å². The first-order valence-electron chi connectivity index (χ1n) is 12.9. The van der Waals surface area contributed by atoms with Crippen molar-refractivity contribution in [2.75, 3.05) is 56.4 Å². The summed E-state index contributed by atoms with van der Waals surface area (Å²) in [5, 5.41) is 3.55. The number of hydrogen-bond donors (Lipinski definition) is 1. The Labute approximate surface area is 213 Å². The van der Waals surface area contributed by atoms with E-state index >= 15 is 4.39 Å². The first-order chi connectivity index (χ1) is 17.6. The number of nitrogens with zero attached hydrogens (tertiary/aromatic N) is 2. The molecule has 7 heteroatoms. The number of benzene rings is 2. The zero-order valence-corrected chi connectivity index (χ0v) is 21.0. The van der Waals surface area contributed by atoms with Crippen LogP contribution in [0.25, 0.3) is 11.8 Å². The summed E-state index contributed by atoms with van der Waals surface area (Å²) < 4.78 is 31.9. The molecule has 2 aromatic rings. The van der Waals surface area contributed by atoms with E-state index < -0.39 is 0 Å². The molecule has 3 aliphatic rings. The van der Waals surface area contributed by atoms with Gasteiger partial charge >= 0.3 is 0 Å². The van der Waals surface area contributed by atoms with Crippen molar-refractivity contribution in [3.63, 3.8) is 0 Å². The number of anilines is 2. The van der Waals surface area contributed by atoms with E-state index in [1.165, 1.54) is 0 Å². The molecule has 1 unspecified atom stereocenters. The summed E-state index contributed by atoms with van der Waals surface area (Å²) in [6.45, 7) is 9.02. The van der Waals surface area contributed by atoms with Crippen LogP contribution in [0.5, 0.6) is 5.75 Å². The number of methoxy groups -OCH3 is 1. The molecule has 192 valence electrons. The quantitative estimate of drug-likeness (QED) is 0.468. The van der Waals surface area contributed by atoms with Crippen molar-refractivity contribution in [3.8, 4) is 5.75 Å². The highest BCUT2D eigenvalue weighted by Gasteiger charge is 2.25. The lowest BCUT2D eigenvalue weighted by Gasteiger charge is -2.29. The number of rotatable bonds is 10. The van der Waals surface area contributed by atoms with Gasteiger partial charge in [0.25, 0.3) is 0 Å². The molecule has 3 aliphatic heterocycles. The largest absolute Gasteiger partial charge is 0.491 e. The van der Waals surface area contributed by atoms with Gasteiger partial charge in [-0.2, -0.15) is 0 Å². The SMILES string of the molecule is C=C1c2ccc(OC[C@H]3CCCO3)cc2C=CN1c1ccc(N2CCC(NCCCOC)C2)c(F)c1. The third-order valence-corrected chi connectivity index (χ3v) is 7.18. The normalized spacial score (nSPS) is 21.3. The number of halogens is 1. The molecule has 2 fully saturated rings. The van der Waals surface area contributed by atoms with E-state index in [2.05, 4.69) is 16.8 Å². The van der Waals surface area contributed by atoms with Crippen LogP contribution in [-0.4, -0.2) is 58.7 Å². The molecule has 0 aliphatic carbocycles. The Bertz CT molecular complexity index is 1100. The minimum absolute atomic E-state index is 0.184. The highest BCUT2D eigenvalue weighted by molar-refractivity contribution is 5.89. The lowest BCUT2D eigenvalue weighted by molar-refractivity contribution is 0.0679. The Morgan fingerprint density at radius 2 is 2.11 bits per heavy atom. The van der Waals surface area contributed by atoms with Crippen LogP contribution < -0.4 is 19.9 Å². The fourth-order valence-corrected chi connectivity index (χ4v) is 5.18. The molecule has 1 N–H and O–H groups in total. The molecule has 0 radical (unpaired) electrons. The first kappa shape index (κ1) is 24.8. The van der Waals surface area contributed by atoms with Crippen molar-refractivity contribution in [2.24, 2.45) is 0 Å². The van der Waals surface area contributed by atoms with Crippen LogP contribution in [0.2, 0.25) is 0 Å². The molecule has 0 spiro atoms. The smallest absolute Gasteiger partial charge is 0.148 e. The van der Waals surface area contributed by atoms with E-state index in [9.17, 15) is 0 Å². The highest BCUT2D eigenvalue weighted by atomic mass is 19.1. The van der Waals surface area contributed by atoms with Crippen molar-refractivity contribution >= 4 is 23.1 Å². The summed E-state index contributed by atoms with van der Waals surface area (Å²) in [7, 11) is 1.72. The van der Waals surface area contributed by atoms with E-state index in [0.29, 0.717) is 18.3 Å². The van der Waals surface area contributed by atoms with Crippen molar-refractivity contribution in [2.45, 2.75) is 37.8 Å². The summed E-state index contributed by atoms with van der Waals surface area (Å²) in [6.07, 6.45) is 8.29. The maximum absolute atomic E-state index is 15.2. The monoisotopic (exact) mass is 493 g/mol. The Morgan fingerprint density at radius 1 is 1.19 bits per heavy atom. The molecule has 0 amide bonds. The Hall–Kier alpha value is -2.87. The predicted molar refractivity (Wildman–Crippen MR) is 143 cm³/mol. The molecule has 36 heavy (non-hydrogen) atoms. The van der Waals surface area contributed by atoms with Crippen LogP contribution in [0.3, 0.4) is 0 Å². The van der Waals surface area contributed by atoms with Crippen molar-refractivity contribution in [1.82, 2.24) is 5.32 Å². The lowest BCUT2D eigenvalue weighted by Crippen LogP contribution is -2.33. The number of fused-ring (bicyclic) bond motifs is 1. The van der Waals surface area contributed by atoms with E-state index in [1.807, 2.05) is 47.5 Å². The van der Waals surface area contributed by atoms with Crippen molar-refractivity contribution in [3.05, 3.63) is 66.1 Å². The van der Waals surface area contributed by atoms with Crippen LogP contribution in [0.15, 0.2) is 49.2 Å². The van der Waals surface area contributed by atoms with Gasteiger partial charge in [-0.05, 0) is 74.2 Å². The average Bonchev–Trinajstić information content (AvgIpc) is 3.58. The third-order valence-electron chi connectivity index (χ3n) is 7.18. The summed E-state index contributed by atoms with van der Waals surface area (Å²) >= 11 is 0. The lowest BCUT2D eigenvalue weighted by atomic mass is 10.0. The van der Waals surface area contributed by atoms with Crippen LogP contribution >= 0.6 is 0 Å². The topological polar surface area (TPSA) is 46.2 Å². The van der Waals surface area contributed by atoms with Gasteiger partial charge in [0.15, 0.2) is 0 Å². The number of hydrogen-bond acceptors (Lipinski definition) is 6. The molecular formula is C29H36FN3O3. The minimum atomic E-state index is -0.211. The fourth-order valence-electron chi connectivity index (χ4n) is 5.18. The highest BCUT2D eigenvalue weighted by Crippen LogP contribution is 2.36. The molecule has 5 rings (SSSR count). The molecule has 2 atom stereocenters. The third kappa shape index (κ3) is 5.59. The Balaban J connectivity index is 1.22. The van der Waals surface area contributed by atoms with Crippen LogP contribution in [0, 0.1) is 5.82 Å². The zero-order chi connectivity index (χ0) is 24.9. The van der Waals surface area contributed by atoms with Gasteiger partial charge in [-0.25, -0.2) is 4.39 Å². The minimum Gasteiger partial charge on any atom is -0.491 e. The molecule has 0 bridgehead atoms. The second-order valence-corrected chi connectivity index (χ2v) is 9.70. The maximum atomic E-state index is 15.2. The van der Waals surface area contributed by atoms with Crippen LogP contribution in [0.1, 0.15) is 36.8 Å². The van der Waals surface area contributed by atoms with Gasteiger partial charge in [-0.1, -0.05) is 6.58 Å². The maximum Gasteiger partial charge on any atom is 0.148 e. The van der Waals surface area contributed by atoms with Gasteiger partial charge in [0.1, 0.15) is 18.2 Å². The van der Waals surface area contributed by atoms with E-state index in [0.717, 1.165) is 86.8 Å². The second-order valence-electron chi connectivity index (χ2n) is 9.70. The van der Waals surface area contributed by atoms with Crippen molar-refractivity contribution < 1.29 is 18.6 Å². The van der Waals surface area contributed by atoms with Crippen molar-refractivity contribution in [1.29, 1.82) is 0 Å². The molecule has 6 nitrogen and oxygen atoms in total. The van der Waals surface area contributed by atoms with Crippen LogP contribution in [-0.2, 0) is 9.47 Å². The molecule has 2 aromatic carbocycles. The Kier molecular flexibility index (Phi) is 7.90. The standard InChI is InChI=1S/C29H36FN3O3/c1-21-27-8-7-25(36-20-26-5-3-16-35-26)17-22(27)10-14-33(21)24-6-9-29(28(30)18-24)32-13-11-23(19-32)31-12-4-15-34-2/h6-10,14,17-18,23,26,31H,1,3-5,11-13,15-16,19-20H2,2H3/t23?,26-/m1/s1. The van der Waals surface area contributed by atoms with Gasteiger partial charge in [-0.15, -0.1) is 0 Å². The van der Waals surface area contributed by atoms with Gasteiger partial charge in [0.05, 0.1) is 11.8 Å². The fraction of sp³-hybridized carbons (Fsp3) is 0.448. The van der Waals surface area contributed by atoms with Gasteiger partial charge < -0.3 is 29.3 Å². The summed E-state index contributed by atoms with van der Waals surface area (Å²) in [5.41, 5.74) is 4.27. The molecular weight excluding hydrogens is 457 g/mol. The number of nitrogens with one attached hydrogen (secondary N) is 1. The first-order valence-corrected chi connectivity index (χ1v) is 12.9. The molecule has 0 saturated carbocycles. The summed E-state index contributed by atoms with van der Waals surface area (Å²) in [5.74, 6) is 0.611. The van der Waals surface area contributed by atoms with Crippen LogP contribution in [0.4, 0.5) is 15.8 Å². The van der Waals surface area contributed by atoms with Gasteiger partial charge in [0.2, 0.25) is 0 Å². The van der Waals surface area contributed by atoms with E-state index in [4.69, 9.17) is 14.2 Å². The second kappa shape index (κ2) is 11.5.